The van der Waals surface area contributed by atoms with Gasteiger partial charge in [-0.25, -0.2) is 4.98 Å². The van der Waals surface area contributed by atoms with Crippen molar-refractivity contribution < 1.29 is 4.74 Å². The zero-order valence-corrected chi connectivity index (χ0v) is 19.6. The third-order valence-corrected chi connectivity index (χ3v) is 4.58. The number of benzene rings is 1. The van der Waals surface area contributed by atoms with E-state index in [1.54, 1.807) is 24.5 Å². The van der Waals surface area contributed by atoms with E-state index in [1.165, 1.54) is 0 Å². The third kappa shape index (κ3) is 7.50. The fourth-order valence-corrected chi connectivity index (χ4v) is 3.20. The number of hydrogen-bond donors (Lipinski definition) is 2. The summed E-state index contributed by atoms with van der Waals surface area (Å²) in [5.74, 6) is 1.58. The van der Waals surface area contributed by atoms with Crippen LogP contribution in [0.2, 0.25) is 0 Å². The summed E-state index contributed by atoms with van der Waals surface area (Å²) in [5, 5.41) is 9.81. The lowest BCUT2D eigenvalue weighted by Gasteiger charge is -2.15. The van der Waals surface area contributed by atoms with E-state index in [-0.39, 0.29) is 29.4 Å². The first-order valence-electron chi connectivity index (χ1n) is 8.65. The Morgan fingerprint density at radius 2 is 1.96 bits per heavy atom. The summed E-state index contributed by atoms with van der Waals surface area (Å²) in [4.78, 5) is 8.98. The number of hydrogen-bond acceptors (Lipinski definition) is 4. The standard InChI is InChI=1S/C20H28N4OS.HI/c1-6-11-25-16-10-8-7-9-15(16)12-22-19(21-5)23-13-18-24-17(14-26-18)20(2,3)4;/h6-10,14H,1,11-13H2,2-5H3,(H2,21,22,23);1H. The van der Waals surface area contributed by atoms with Gasteiger partial charge in [-0.1, -0.05) is 51.6 Å². The van der Waals surface area contributed by atoms with Crippen molar-refractivity contribution in [3.05, 3.63) is 58.6 Å². The van der Waals surface area contributed by atoms with Crippen molar-refractivity contribution in [3.8, 4) is 5.75 Å². The first-order chi connectivity index (χ1) is 12.4. The van der Waals surface area contributed by atoms with Gasteiger partial charge in [0.05, 0.1) is 12.2 Å². The van der Waals surface area contributed by atoms with Gasteiger partial charge in [-0.2, -0.15) is 0 Å². The van der Waals surface area contributed by atoms with Crippen LogP contribution < -0.4 is 15.4 Å². The van der Waals surface area contributed by atoms with Gasteiger partial charge in [0.25, 0.3) is 0 Å². The van der Waals surface area contributed by atoms with Gasteiger partial charge in [0, 0.05) is 30.0 Å². The van der Waals surface area contributed by atoms with Gasteiger partial charge in [0.1, 0.15) is 17.4 Å². The summed E-state index contributed by atoms with van der Waals surface area (Å²) in [6.45, 7) is 12.0. The molecule has 0 saturated heterocycles. The highest BCUT2D eigenvalue weighted by molar-refractivity contribution is 14.0. The Morgan fingerprint density at radius 3 is 2.59 bits per heavy atom. The smallest absolute Gasteiger partial charge is 0.191 e. The average Bonchev–Trinajstić information content (AvgIpc) is 3.10. The molecule has 0 unspecified atom stereocenters. The van der Waals surface area contributed by atoms with E-state index < -0.39 is 0 Å². The Hall–Kier alpha value is -1.61. The second kappa shape index (κ2) is 11.3. The molecule has 1 heterocycles. The molecule has 27 heavy (non-hydrogen) atoms. The van der Waals surface area contributed by atoms with Crippen molar-refractivity contribution in [1.29, 1.82) is 0 Å². The van der Waals surface area contributed by atoms with Crippen molar-refractivity contribution in [2.75, 3.05) is 13.7 Å². The van der Waals surface area contributed by atoms with E-state index in [9.17, 15) is 0 Å². The van der Waals surface area contributed by atoms with Gasteiger partial charge in [0.2, 0.25) is 0 Å². The van der Waals surface area contributed by atoms with Gasteiger partial charge < -0.3 is 15.4 Å². The summed E-state index contributed by atoms with van der Waals surface area (Å²) in [6, 6.07) is 7.96. The monoisotopic (exact) mass is 500 g/mol. The molecule has 1 aromatic heterocycles. The third-order valence-electron chi connectivity index (χ3n) is 3.73. The minimum Gasteiger partial charge on any atom is -0.489 e. The van der Waals surface area contributed by atoms with Gasteiger partial charge in [-0.15, -0.1) is 35.3 Å². The van der Waals surface area contributed by atoms with Crippen LogP contribution in [0.3, 0.4) is 0 Å². The molecule has 0 bridgehead atoms. The van der Waals surface area contributed by atoms with Crippen molar-refractivity contribution in [3.63, 3.8) is 0 Å². The highest BCUT2D eigenvalue weighted by atomic mass is 127. The molecule has 2 aromatic rings. The van der Waals surface area contributed by atoms with E-state index in [0.717, 1.165) is 28.0 Å². The fourth-order valence-electron chi connectivity index (χ4n) is 2.23. The minimum atomic E-state index is 0. The summed E-state index contributed by atoms with van der Waals surface area (Å²) in [7, 11) is 1.76. The Bertz CT molecular complexity index is 752. The molecule has 0 radical (unpaired) electrons. The lowest BCUT2D eigenvalue weighted by atomic mass is 9.93. The molecule has 0 amide bonds. The molecule has 2 rings (SSSR count). The molecule has 0 saturated carbocycles. The second-order valence-corrected chi connectivity index (χ2v) is 7.81. The summed E-state index contributed by atoms with van der Waals surface area (Å²) < 4.78 is 5.69. The molecule has 2 N–H and O–H groups in total. The molecule has 0 aliphatic heterocycles. The number of nitrogens with one attached hydrogen (secondary N) is 2. The average molecular weight is 500 g/mol. The van der Waals surface area contributed by atoms with Crippen molar-refractivity contribution in [1.82, 2.24) is 15.6 Å². The molecule has 0 spiro atoms. The molecule has 1 aromatic carbocycles. The van der Waals surface area contributed by atoms with Crippen LogP contribution >= 0.6 is 35.3 Å². The first kappa shape index (κ1) is 23.4. The van der Waals surface area contributed by atoms with E-state index in [1.807, 2.05) is 24.3 Å². The molecule has 7 heteroatoms. The Kier molecular flexibility index (Phi) is 9.79. The van der Waals surface area contributed by atoms with Crippen LogP contribution in [0.4, 0.5) is 0 Å². The number of nitrogens with zero attached hydrogens (tertiary/aromatic N) is 2. The first-order valence-corrected chi connectivity index (χ1v) is 9.53. The van der Waals surface area contributed by atoms with Gasteiger partial charge >= 0.3 is 0 Å². The summed E-state index contributed by atoms with van der Waals surface area (Å²) in [5.41, 5.74) is 2.27. The maximum Gasteiger partial charge on any atom is 0.191 e. The normalized spacial score (nSPS) is 11.5. The van der Waals surface area contributed by atoms with E-state index in [4.69, 9.17) is 9.72 Å². The van der Waals surface area contributed by atoms with Gasteiger partial charge in [0.15, 0.2) is 5.96 Å². The van der Waals surface area contributed by atoms with Crippen LogP contribution in [0, 0.1) is 0 Å². The van der Waals surface area contributed by atoms with E-state index in [0.29, 0.717) is 19.7 Å². The van der Waals surface area contributed by atoms with Crippen molar-refractivity contribution >= 4 is 41.3 Å². The molecule has 5 nitrogen and oxygen atoms in total. The Balaban J connectivity index is 0.00000364. The van der Waals surface area contributed by atoms with Crippen LogP contribution in [0.1, 0.15) is 37.0 Å². The quantitative estimate of drug-likeness (QED) is 0.255. The number of para-hydroxylation sites is 1. The highest BCUT2D eigenvalue weighted by Gasteiger charge is 2.17. The van der Waals surface area contributed by atoms with E-state index in [2.05, 4.69) is 48.4 Å². The largest absolute Gasteiger partial charge is 0.489 e. The highest BCUT2D eigenvalue weighted by Crippen LogP contribution is 2.23. The van der Waals surface area contributed by atoms with Crippen LogP contribution in [0.25, 0.3) is 0 Å². The summed E-state index contributed by atoms with van der Waals surface area (Å²) >= 11 is 1.67. The molecular formula is C20H29IN4OS. The maximum atomic E-state index is 5.69. The molecule has 0 fully saturated rings. The predicted octanol–water partition coefficient (Wildman–Crippen LogP) is 4.49. The van der Waals surface area contributed by atoms with Crippen LogP contribution in [0.5, 0.6) is 5.75 Å². The van der Waals surface area contributed by atoms with Gasteiger partial charge in [-0.05, 0) is 6.07 Å². The molecule has 148 valence electrons. The minimum absolute atomic E-state index is 0. The van der Waals surface area contributed by atoms with E-state index >= 15 is 0 Å². The van der Waals surface area contributed by atoms with Crippen LogP contribution in [-0.4, -0.2) is 24.6 Å². The zero-order chi connectivity index (χ0) is 19.0. The SMILES string of the molecule is C=CCOc1ccccc1CNC(=NC)NCc1nc(C(C)(C)C)cs1.I. The number of halogens is 1. The number of aromatic nitrogens is 1. The maximum absolute atomic E-state index is 5.69. The molecular weight excluding hydrogens is 471 g/mol. The number of aliphatic imine (C=N–C) groups is 1. The number of ether oxygens (including phenoxy) is 1. The number of rotatable bonds is 7. The van der Waals surface area contributed by atoms with Crippen molar-refractivity contribution in [2.45, 2.75) is 39.3 Å². The molecule has 0 atom stereocenters. The Morgan fingerprint density at radius 1 is 1.26 bits per heavy atom. The zero-order valence-electron chi connectivity index (χ0n) is 16.4. The lowest BCUT2D eigenvalue weighted by molar-refractivity contribution is 0.358. The number of thiazole rings is 1. The number of guanidine groups is 1. The Labute approximate surface area is 183 Å². The summed E-state index contributed by atoms with van der Waals surface area (Å²) in [6.07, 6.45) is 1.74. The predicted molar refractivity (Wildman–Crippen MR) is 125 cm³/mol. The molecule has 0 aliphatic carbocycles. The van der Waals surface area contributed by atoms with Crippen LogP contribution in [-0.2, 0) is 18.5 Å². The topological polar surface area (TPSA) is 58.5 Å². The van der Waals surface area contributed by atoms with Crippen molar-refractivity contribution in [2.24, 2.45) is 4.99 Å². The van der Waals surface area contributed by atoms with Gasteiger partial charge in [-0.3, -0.25) is 4.99 Å². The molecule has 0 aliphatic rings. The fraction of sp³-hybridized carbons (Fsp3) is 0.400. The van der Waals surface area contributed by atoms with Crippen LogP contribution in [0.15, 0.2) is 47.3 Å². The lowest BCUT2D eigenvalue weighted by Crippen LogP contribution is -2.36. The second-order valence-electron chi connectivity index (χ2n) is 6.86.